The minimum Gasteiger partial charge on any atom is -0.378 e. The summed E-state index contributed by atoms with van der Waals surface area (Å²) in [5, 5.41) is 3.25. The molecule has 3 rings (SSSR count). The maximum Gasteiger partial charge on any atom is 0.281 e. The molecule has 0 unspecified atom stereocenters. The Morgan fingerprint density at radius 2 is 1.92 bits per heavy atom. The van der Waals surface area contributed by atoms with Crippen molar-refractivity contribution >= 4 is 33.1 Å². The van der Waals surface area contributed by atoms with Gasteiger partial charge < -0.3 is 10.2 Å². The van der Waals surface area contributed by atoms with Gasteiger partial charge in [0.1, 0.15) is 0 Å². The lowest BCUT2D eigenvalue weighted by Crippen LogP contribution is -2.23. The zero-order chi connectivity index (χ0) is 16.9. The molecule has 0 radical (unpaired) electrons. The molecule has 0 aliphatic carbocycles. The van der Waals surface area contributed by atoms with Crippen molar-refractivity contribution in [3.8, 4) is 11.8 Å². The third kappa shape index (κ3) is 3.73. The first-order valence-electron chi connectivity index (χ1n) is 7.53. The van der Waals surface area contributed by atoms with E-state index in [2.05, 4.69) is 22.1 Å². The maximum atomic E-state index is 12.1. The van der Waals surface area contributed by atoms with Crippen LogP contribution >= 0.6 is 11.3 Å². The van der Waals surface area contributed by atoms with Crippen molar-refractivity contribution in [2.75, 3.05) is 25.5 Å². The third-order valence-electron chi connectivity index (χ3n) is 3.44. The van der Waals surface area contributed by atoms with Crippen molar-refractivity contribution in [1.29, 1.82) is 0 Å². The number of hydrogen-bond donors (Lipinski definition) is 1. The maximum absolute atomic E-state index is 12.1. The number of thiazole rings is 1. The molecular weight excluding hydrogens is 318 g/mol. The van der Waals surface area contributed by atoms with E-state index in [9.17, 15) is 4.79 Å². The Morgan fingerprint density at radius 1 is 1.17 bits per heavy atom. The second-order valence-corrected chi connectivity index (χ2v) is 6.44. The molecule has 0 atom stereocenters. The smallest absolute Gasteiger partial charge is 0.281 e. The van der Waals surface area contributed by atoms with Gasteiger partial charge >= 0.3 is 0 Å². The van der Waals surface area contributed by atoms with Crippen molar-refractivity contribution in [3.63, 3.8) is 0 Å². The largest absolute Gasteiger partial charge is 0.378 e. The summed E-state index contributed by atoms with van der Waals surface area (Å²) in [5.41, 5.74) is 2.90. The van der Waals surface area contributed by atoms with Crippen LogP contribution in [0.3, 0.4) is 0 Å². The van der Waals surface area contributed by atoms with Crippen molar-refractivity contribution in [3.05, 3.63) is 59.1 Å². The van der Waals surface area contributed by atoms with E-state index < -0.39 is 0 Å². The van der Waals surface area contributed by atoms with Gasteiger partial charge in [-0.1, -0.05) is 24.0 Å². The van der Waals surface area contributed by atoms with Crippen LogP contribution < -0.4 is 10.2 Å². The van der Waals surface area contributed by atoms with Crippen LogP contribution in [0.4, 0.5) is 5.69 Å². The fraction of sp³-hybridized carbons (Fsp3) is 0.158. The van der Waals surface area contributed by atoms with Gasteiger partial charge in [0.2, 0.25) is 0 Å². The predicted molar refractivity (Wildman–Crippen MR) is 99.6 cm³/mol. The van der Waals surface area contributed by atoms with Gasteiger partial charge in [-0.2, -0.15) is 0 Å². The molecule has 0 fully saturated rings. The Balaban J connectivity index is 1.59. The molecule has 0 aliphatic rings. The van der Waals surface area contributed by atoms with Crippen LogP contribution in [0.5, 0.6) is 0 Å². The van der Waals surface area contributed by atoms with Gasteiger partial charge in [-0.05, 0) is 36.4 Å². The molecule has 0 spiro atoms. The van der Waals surface area contributed by atoms with E-state index in [1.807, 2.05) is 67.5 Å². The number of anilines is 1. The monoisotopic (exact) mass is 335 g/mol. The van der Waals surface area contributed by atoms with Crippen LogP contribution in [0.1, 0.15) is 15.4 Å². The number of carbonyl (C=O) groups is 1. The van der Waals surface area contributed by atoms with Crippen LogP contribution in [-0.4, -0.2) is 31.5 Å². The summed E-state index contributed by atoms with van der Waals surface area (Å²) in [6.07, 6.45) is 0. The third-order valence-corrected chi connectivity index (χ3v) is 4.48. The Hall–Kier alpha value is -2.84. The van der Waals surface area contributed by atoms with Crippen LogP contribution in [0, 0.1) is 11.8 Å². The van der Waals surface area contributed by atoms with Crippen LogP contribution in [0.25, 0.3) is 10.2 Å². The van der Waals surface area contributed by atoms with Crippen molar-refractivity contribution in [1.82, 2.24) is 10.3 Å². The molecular formula is C19H17N3OS. The minimum absolute atomic E-state index is 0.187. The van der Waals surface area contributed by atoms with Crippen molar-refractivity contribution in [2.45, 2.75) is 0 Å². The molecule has 24 heavy (non-hydrogen) atoms. The number of rotatable bonds is 3. The average Bonchev–Trinajstić information content (AvgIpc) is 3.03. The highest BCUT2D eigenvalue weighted by Gasteiger charge is 2.10. The summed E-state index contributed by atoms with van der Waals surface area (Å²) in [7, 11) is 4.00. The summed E-state index contributed by atoms with van der Waals surface area (Å²) in [4.78, 5) is 18.5. The fourth-order valence-electron chi connectivity index (χ4n) is 2.16. The summed E-state index contributed by atoms with van der Waals surface area (Å²) in [6.45, 7) is 0.296. The van der Waals surface area contributed by atoms with Gasteiger partial charge in [0.05, 0.1) is 16.8 Å². The lowest BCUT2D eigenvalue weighted by molar-refractivity contribution is 0.0958. The highest BCUT2D eigenvalue weighted by Crippen LogP contribution is 2.21. The molecule has 3 aromatic rings. The first kappa shape index (κ1) is 16.0. The van der Waals surface area contributed by atoms with E-state index >= 15 is 0 Å². The number of nitrogens with one attached hydrogen (secondary N) is 1. The van der Waals surface area contributed by atoms with Crippen LogP contribution in [0.15, 0.2) is 48.5 Å². The van der Waals surface area contributed by atoms with Gasteiger partial charge in [-0.3, -0.25) is 4.79 Å². The summed E-state index contributed by atoms with van der Waals surface area (Å²) in [5.74, 6) is 5.82. The fourth-order valence-corrected chi connectivity index (χ4v) is 3.04. The van der Waals surface area contributed by atoms with E-state index in [0.29, 0.717) is 11.6 Å². The Kier molecular flexibility index (Phi) is 4.78. The van der Waals surface area contributed by atoms with Gasteiger partial charge in [0.25, 0.3) is 5.91 Å². The molecule has 120 valence electrons. The molecule has 1 aromatic heterocycles. The summed E-state index contributed by atoms with van der Waals surface area (Å²) < 4.78 is 1.01. The van der Waals surface area contributed by atoms with Crippen molar-refractivity contribution in [2.24, 2.45) is 0 Å². The standard InChI is InChI=1S/C19H17N3OS/c1-22(2)15-11-9-14(10-12-15)6-5-13-20-18(23)19-21-16-7-3-4-8-17(16)24-19/h3-4,7-12H,13H2,1-2H3,(H,20,23). The number of nitrogens with zero attached hydrogens (tertiary/aromatic N) is 2. The number of carbonyl (C=O) groups excluding carboxylic acids is 1. The zero-order valence-corrected chi connectivity index (χ0v) is 14.4. The molecule has 1 heterocycles. The highest BCUT2D eigenvalue weighted by atomic mass is 32.1. The molecule has 1 amide bonds. The Morgan fingerprint density at radius 3 is 2.62 bits per heavy atom. The molecule has 0 saturated heterocycles. The molecule has 4 nitrogen and oxygen atoms in total. The quantitative estimate of drug-likeness (QED) is 0.748. The Labute approximate surface area is 145 Å². The van der Waals surface area contributed by atoms with E-state index in [-0.39, 0.29) is 5.91 Å². The van der Waals surface area contributed by atoms with Gasteiger partial charge in [-0.15, -0.1) is 11.3 Å². The molecule has 0 saturated carbocycles. The number of hydrogen-bond acceptors (Lipinski definition) is 4. The lowest BCUT2D eigenvalue weighted by Gasteiger charge is -2.11. The molecule has 2 aromatic carbocycles. The summed E-state index contributed by atoms with van der Waals surface area (Å²) in [6, 6.07) is 15.7. The number of amides is 1. The normalized spacial score (nSPS) is 10.1. The van der Waals surface area contributed by atoms with Crippen LogP contribution in [0.2, 0.25) is 0 Å². The molecule has 0 aliphatic heterocycles. The zero-order valence-electron chi connectivity index (χ0n) is 13.5. The molecule has 5 heteroatoms. The lowest BCUT2D eigenvalue weighted by atomic mass is 10.2. The average molecular weight is 335 g/mol. The highest BCUT2D eigenvalue weighted by molar-refractivity contribution is 7.20. The van der Waals surface area contributed by atoms with E-state index in [1.54, 1.807) is 0 Å². The number of para-hydroxylation sites is 1. The van der Waals surface area contributed by atoms with Gasteiger partial charge in [0.15, 0.2) is 5.01 Å². The molecule has 0 bridgehead atoms. The number of fused-ring (bicyclic) bond motifs is 1. The van der Waals surface area contributed by atoms with E-state index in [4.69, 9.17) is 0 Å². The second kappa shape index (κ2) is 7.16. The van der Waals surface area contributed by atoms with E-state index in [1.165, 1.54) is 11.3 Å². The number of benzene rings is 2. The topological polar surface area (TPSA) is 45.2 Å². The number of aromatic nitrogens is 1. The van der Waals surface area contributed by atoms with Crippen LogP contribution in [-0.2, 0) is 0 Å². The SMILES string of the molecule is CN(C)c1ccc(C#CCNC(=O)c2nc3ccccc3s2)cc1. The first-order valence-corrected chi connectivity index (χ1v) is 8.35. The van der Waals surface area contributed by atoms with Gasteiger partial charge in [-0.25, -0.2) is 4.98 Å². The summed E-state index contributed by atoms with van der Waals surface area (Å²) >= 11 is 1.39. The van der Waals surface area contributed by atoms with Gasteiger partial charge in [0, 0.05) is 25.3 Å². The predicted octanol–water partition coefficient (Wildman–Crippen LogP) is 3.14. The Bertz CT molecular complexity index is 884. The minimum atomic E-state index is -0.187. The van der Waals surface area contributed by atoms with Crippen molar-refractivity contribution < 1.29 is 4.79 Å². The first-order chi connectivity index (χ1) is 11.6. The molecule has 1 N–H and O–H groups in total. The second-order valence-electron chi connectivity index (χ2n) is 5.41. The van der Waals surface area contributed by atoms with E-state index in [0.717, 1.165) is 21.5 Å².